The van der Waals surface area contributed by atoms with Crippen LogP contribution in [0.1, 0.15) is 15.9 Å². The molecule has 0 atom stereocenters. The molecule has 9 heteroatoms. The predicted molar refractivity (Wildman–Crippen MR) is 72.5 cm³/mol. The average molecular weight is 328 g/mol. The monoisotopic (exact) mass is 328 g/mol. The number of rotatable bonds is 3. The van der Waals surface area contributed by atoms with Gasteiger partial charge in [0, 0.05) is 5.56 Å². The number of hydrogen-bond donors (Lipinski definition) is 1. The average Bonchev–Trinajstić information content (AvgIpc) is 2.48. The van der Waals surface area contributed by atoms with Crippen molar-refractivity contribution < 1.29 is 27.3 Å². The molecule has 23 heavy (non-hydrogen) atoms. The summed E-state index contributed by atoms with van der Waals surface area (Å²) in [5, 5.41) is 12.9. The normalized spacial score (nSPS) is 11.1. The zero-order valence-electron chi connectivity index (χ0n) is 11.2. The minimum absolute atomic E-state index is 0.0830. The van der Waals surface area contributed by atoms with E-state index in [1.807, 2.05) is 5.32 Å². The molecule has 2 aromatic carbocycles. The molecule has 0 spiro atoms. The Kier molecular flexibility index (Phi) is 4.30. The zero-order valence-corrected chi connectivity index (χ0v) is 11.2. The Morgan fingerprint density at radius 3 is 2.22 bits per heavy atom. The smallest absolute Gasteiger partial charge is 0.316 e. The van der Waals surface area contributed by atoms with Gasteiger partial charge in [-0.1, -0.05) is 18.2 Å². The van der Waals surface area contributed by atoms with Gasteiger partial charge < -0.3 is 5.32 Å². The molecule has 0 bridgehead atoms. The van der Waals surface area contributed by atoms with Gasteiger partial charge in [0.2, 0.25) is 0 Å². The van der Waals surface area contributed by atoms with Crippen LogP contribution in [0.4, 0.5) is 28.9 Å². The molecule has 0 aromatic heterocycles. The first kappa shape index (κ1) is 16.4. The number of nitrogens with one attached hydrogen (secondary N) is 1. The van der Waals surface area contributed by atoms with Crippen LogP contribution in [0, 0.1) is 15.9 Å². The fraction of sp³-hybridized carbons (Fsp3) is 0.0714. The Hall–Kier alpha value is -2.97. The highest BCUT2D eigenvalue weighted by Gasteiger charge is 2.43. The van der Waals surface area contributed by atoms with Crippen molar-refractivity contribution in [3.63, 3.8) is 0 Å². The van der Waals surface area contributed by atoms with Crippen molar-refractivity contribution in [2.45, 2.75) is 6.18 Å². The van der Waals surface area contributed by atoms with Crippen LogP contribution >= 0.6 is 0 Å². The first-order valence-corrected chi connectivity index (χ1v) is 6.12. The summed E-state index contributed by atoms with van der Waals surface area (Å²) in [4.78, 5) is 21.5. The molecule has 0 aliphatic carbocycles. The summed E-state index contributed by atoms with van der Waals surface area (Å²) in [6.45, 7) is 0. The quantitative estimate of drug-likeness (QED) is 0.526. The first-order valence-electron chi connectivity index (χ1n) is 6.12. The van der Waals surface area contributed by atoms with E-state index in [-0.39, 0.29) is 5.56 Å². The van der Waals surface area contributed by atoms with E-state index >= 15 is 0 Å². The van der Waals surface area contributed by atoms with E-state index in [1.165, 1.54) is 24.3 Å². The Morgan fingerprint density at radius 2 is 1.70 bits per heavy atom. The van der Waals surface area contributed by atoms with Gasteiger partial charge in [0.25, 0.3) is 5.91 Å². The lowest BCUT2D eigenvalue weighted by Crippen LogP contribution is -2.17. The Bertz CT molecular complexity index is 761. The first-order chi connectivity index (χ1) is 10.7. The number of nitrogens with zero attached hydrogens (tertiary/aromatic N) is 1. The second-order valence-corrected chi connectivity index (χ2v) is 4.39. The molecular weight excluding hydrogens is 320 g/mol. The Morgan fingerprint density at radius 1 is 1.09 bits per heavy atom. The van der Waals surface area contributed by atoms with Gasteiger partial charge >= 0.3 is 11.9 Å². The van der Waals surface area contributed by atoms with Crippen LogP contribution in [0.15, 0.2) is 42.5 Å². The minimum Gasteiger partial charge on any atom is -0.316 e. The number of anilines is 1. The van der Waals surface area contributed by atoms with E-state index in [1.54, 1.807) is 6.07 Å². The van der Waals surface area contributed by atoms with Crippen molar-refractivity contribution >= 4 is 17.3 Å². The molecule has 5 nitrogen and oxygen atoms in total. The lowest BCUT2D eigenvalue weighted by molar-refractivity contribution is -0.387. The van der Waals surface area contributed by atoms with Gasteiger partial charge in [-0.2, -0.15) is 13.2 Å². The van der Waals surface area contributed by atoms with Crippen molar-refractivity contribution in [2.75, 3.05) is 5.32 Å². The molecule has 0 aliphatic heterocycles. The van der Waals surface area contributed by atoms with E-state index in [0.717, 1.165) is 0 Å². The van der Waals surface area contributed by atoms with E-state index in [4.69, 9.17) is 0 Å². The molecular formula is C14H8F4N2O3. The molecule has 120 valence electrons. The highest BCUT2D eigenvalue weighted by atomic mass is 19.4. The minimum atomic E-state index is -5.28. The molecule has 2 rings (SSSR count). The molecule has 0 unspecified atom stereocenters. The number of nitro benzene ring substituents is 1. The molecule has 1 N–H and O–H groups in total. The van der Waals surface area contributed by atoms with Crippen molar-refractivity contribution in [3.05, 3.63) is 69.5 Å². The van der Waals surface area contributed by atoms with E-state index in [9.17, 15) is 32.5 Å². The maximum absolute atomic E-state index is 13.4. The molecule has 1 amide bonds. The molecule has 0 aliphatic rings. The summed E-state index contributed by atoms with van der Waals surface area (Å²) in [6, 6.07) is 8.49. The topological polar surface area (TPSA) is 72.2 Å². The summed E-state index contributed by atoms with van der Waals surface area (Å²) in [5.41, 5.74) is -4.23. The lowest BCUT2D eigenvalue weighted by atomic mass is 10.1. The Balaban J connectivity index is 2.51. The Labute approximate surface area is 126 Å². The number of benzene rings is 2. The van der Waals surface area contributed by atoms with Gasteiger partial charge in [-0.05, 0) is 24.3 Å². The van der Waals surface area contributed by atoms with Crippen LogP contribution in [0.25, 0.3) is 0 Å². The number of alkyl halides is 3. The largest absolute Gasteiger partial charge is 0.425 e. The van der Waals surface area contributed by atoms with Gasteiger partial charge in [-0.3, -0.25) is 14.9 Å². The second kappa shape index (κ2) is 6.03. The third-order valence-corrected chi connectivity index (χ3v) is 2.88. The van der Waals surface area contributed by atoms with Gasteiger partial charge in [0.1, 0.15) is 11.5 Å². The molecule has 0 heterocycles. The molecule has 0 saturated heterocycles. The molecule has 0 fully saturated rings. The predicted octanol–water partition coefficient (Wildman–Crippen LogP) is 4.01. The fourth-order valence-electron chi connectivity index (χ4n) is 1.91. The summed E-state index contributed by atoms with van der Waals surface area (Å²) in [5.74, 6) is -2.64. The van der Waals surface area contributed by atoms with E-state index in [2.05, 4.69) is 0 Å². The number of carbonyl (C=O) groups is 1. The summed E-state index contributed by atoms with van der Waals surface area (Å²) in [6.07, 6.45) is -5.28. The number of halogens is 4. The van der Waals surface area contributed by atoms with Crippen LogP contribution in [-0.2, 0) is 6.18 Å². The van der Waals surface area contributed by atoms with Crippen molar-refractivity contribution in [1.29, 1.82) is 0 Å². The van der Waals surface area contributed by atoms with Gasteiger partial charge in [0.05, 0.1) is 4.92 Å². The van der Waals surface area contributed by atoms with Crippen LogP contribution in [-0.4, -0.2) is 10.8 Å². The summed E-state index contributed by atoms with van der Waals surface area (Å²) < 4.78 is 52.0. The standard InChI is InChI=1S/C14H8F4N2O3/c15-9-6-7-10(12(20(22)23)11(9)14(16,17)18)19-13(21)8-4-2-1-3-5-8/h1-7H,(H,19,21). The SMILES string of the molecule is O=C(Nc1ccc(F)c(C(F)(F)F)c1[N+](=O)[O-])c1ccccc1. The van der Waals surface area contributed by atoms with Crippen LogP contribution in [0.3, 0.4) is 0 Å². The third kappa shape index (κ3) is 3.44. The second-order valence-electron chi connectivity index (χ2n) is 4.39. The maximum Gasteiger partial charge on any atom is 0.425 e. The fourth-order valence-corrected chi connectivity index (χ4v) is 1.91. The molecule has 2 aromatic rings. The van der Waals surface area contributed by atoms with Crippen molar-refractivity contribution in [1.82, 2.24) is 0 Å². The number of hydrogen-bond acceptors (Lipinski definition) is 3. The van der Waals surface area contributed by atoms with Gasteiger partial charge in [-0.25, -0.2) is 4.39 Å². The van der Waals surface area contributed by atoms with Crippen molar-refractivity contribution in [3.8, 4) is 0 Å². The lowest BCUT2D eigenvalue weighted by Gasteiger charge is -2.12. The van der Waals surface area contributed by atoms with Crippen LogP contribution in [0.2, 0.25) is 0 Å². The number of amides is 1. The number of nitro groups is 1. The third-order valence-electron chi connectivity index (χ3n) is 2.88. The number of carbonyl (C=O) groups excluding carboxylic acids is 1. The molecule has 0 radical (unpaired) electrons. The molecule has 0 saturated carbocycles. The summed E-state index contributed by atoms with van der Waals surface area (Å²) in [7, 11) is 0. The maximum atomic E-state index is 13.4. The van der Waals surface area contributed by atoms with Crippen molar-refractivity contribution in [2.24, 2.45) is 0 Å². The summed E-state index contributed by atoms with van der Waals surface area (Å²) >= 11 is 0. The van der Waals surface area contributed by atoms with Crippen LogP contribution < -0.4 is 5.32 Å². The highest BCUT2D eigenvalue weighted by molar-refractivity contribution is 6.05. The van der Waals surface area contributed by atoms with Gasteiger partial charge in [0.15, 0.2) is 5.56 Å². The van der Waals surface area contributed by atoms with E-state index < -0.39 is 39.8 Å². The van der Waals surface area contributed by atoms with E-state index in [0.29, 0.717) is 12.1 Å². The van der Waals surface area contributed by atoms with Gasteiger partial charge in [-0.15, -0.1) is 0 Å². The van der Waals surface area contributed by atoms with Crippen LogP contribution in [0.5, 0.6) is 0 Å². The zero-order chi connectivity index (χ0) is 17.2. The highest BCUT2D eigenvalue weighted by Crippen LogP contribution is 2.41.